The molecule has 172 valence electrons. The van der Waals surface area contributed by atoms with E-state index in [-0.39, 0.29) is 40.9 Å². The van der Waals surface area contributed by atoms with Crippen molar-refractivity contribution in [1.82, 2.24) is 10.2 Å². The number of nitrogens with zero attached hydrogens (tertiary/aromatic N) is 1. The number of carbonyl (C=O) groups excluding carboxylic acids is 2. The van der Waals surface area contributed by atoms with E-state index < -0.39 is 0 Å². The number of anilines is 1. The van der Waals surface area contributed by atoms with Crippen molar-refractivity contribution in [2.45, 2.75) is 25.7 Å². The van der Waals surface area contributed by atoms with Crippen LogP contribution in [0.5, 0.6) is 0 Å². The highest BCUT2D eigenvalue weighted by atomic mass is 79.9. The lowest BCUT2D eigenvalue weighted by molar-refractivity contribution is -0.133. The lowest BCUT2D eigenvalue weighted by atomic mass is 9.81. The Balaban J connectivity index is 1.16. The summed E-state index contributed by atoms with van der Waals surface area (Å²) < 4.78 is 6.70. The fraction of sp³-hybridized carbons (Fsp3) is 0.600. The zero-order valence-electron chi connectivity index (χ0n) is 18.4. The summed E-state index contributed by atoms with van der Waals surface area (Å²) in [5, 5.41) is 6.12. The number of amides is 2. The van der Waals surface area contributed by atoms with Crippen LogP contribution < -0.4 is 10.6 Å². The van der Waals surface area contributed by atoms with Crippen LogP contribution in [0, 0.1) is 29.1 Å². The number of hydrogen-bond donors (Lipinski definition) is 2. The van der Waals surface area contributed by atoms with Gasteiger partial charge in [-0.3, -0.25) is 9.59 Å². The van der Waals surface area contributed by atoms with Crippen LogP contribution in [0.1, 0.15) is 25.7 Å². The molecule has 1 heterocycles. The van der Waals surface area contributed by atoms with Crippen LogP contribution in [-0.2, 0) is 14.3 Å². The molecule has 1 saturated heterocycles. The Morgan fingerprint density at radius 1 is 1.00 bits per heavy atom. The molecule has 5 rings (SSSR count). The average molecular weight is 502 g/mol. The van der Waals surface area contributed by atoms with E-state index >= 15 is 0 Å². The number of likely N-dealkylation sites (tertiary alicyclic amines) is 1. The lowest BCUT2D eigenvalue weighted by Crippen LogP contribution is -2.43. The Bertz CT molecular complexity index is 877. The first-order chi connectivity index (χ1) is 15.6. The third kappa shape index (κ3) is 4.27. The summed E-state index contributed by atoms with van der Waals surface area (Å²) in [6.45, 7) is 5.01. The predicted molar refractivity (Wildman–Crippen MR) is 127 cm³/mol. The molecular weight excluding hydrogens is 470 g/mol. The Morgan fingerprint density at radius 2 is 1.66 bits per heavy atom. The van der Waals surface area contributed by atoms with E-state index in [0.717, 1.165) is 29.5 Å². The maximum atomic E-state index is 13.3. The summed E-state index contributed by atoms with van der Waals surface area (Å²) in [5.74, 6) is -0.330. The molecule has 7 heteroatoms. The standard InChI is InChI=1S/C25H32BrN3O3/c26-17-3-5-18(6-4-17)28-24(31)22-20-8-7-19(25(20)9-10-25)21(22)23(30)27-11-15-32-16-14-29-12-1-2-13-29/h3-8,19-22H,1-2,9-16H2,(H,27,30)(H,28,31)/t19-,20+,21-,22-/m1/s1. The van der Waals surface area contributed by atoms with Crippen molar-refractivity contribution in [3.63, 3.8) is 0 Å². The minimum Gasteiger partial charge on any atom is -0.378 e. The van der Waals surface area contributed by atoms with Gasteiger partial charge in [0.05, 0.1) is 25.0 Å². The van der Waals surface area contributed by atoms with Crippen LogP contribution in [0.25, 0.3) is 0 Å². The number of benzene rings is 1. The summed E-state index contributed by atoms with van der Waals surface area (Å²) in [6, 6.07) is 7.58. The smallest absolute Gasteiger partial charge is 0.228 e. The molecule has 4 aliphatic rings. The molecule has 0 radical (unpaired) electrons. The molecule has 2 bridgehead atoms. The first-order valence-electron chi connectivity index (χ1n) is 11.9. The van der Waals surface area contributed by atoms with E-state index in [9.17, 15) is 9.59 Å². The number of carbonyl (C=O) groups is 2. The monoisotopic (exact) mass is 501 g/mol. The SMILES string of the molecule is O=C(NCCOCCN1CCCC1)[C@H]1[C@H](C(=O)Nc2ccc(Br)cc2)[C@@H]2C=C[C@H]1C21CC1. The number of rotatable bonds is 9. The van der Waals surface area contributed by atoms with Gasteiger partial charge in [0, 0.05) is 23.2 Å². The van der Waals surface area contributed by atoms with Gasteiger partial charge >= 0.3 is 0 Å². The van der Waals surface area contributed by atoms with Crippen LogP contribution in [-0.4, -0.2) is 56.1 Å². The Morgan fingerprint density at radius 3 is 2.31 bits per heavy atom. The summed E-state index contributed by atoms with van der Waals surface area (Å²) >= 11 is 3.43. The molecule has 2 saturated carbocycles. The van der Waals surface area contributed by atoms with Gasteiger partial charge in [0.25, 0.3) is 0 Å². The molecule has 1 aromatic carbocycles. The molecule has 0 aromatic heterocycles. The fourth-order valence-corrected chi connectivity index (χ4v) is 6.40. The van der Waals surface area contributed by atoms with E-state index in [2.05, 4.69) is 43.6 Å². The van der Waals surface area contributed by atoms with Crippen molar-refractivity contribution in [2.24, 2.45) is 29.1 Å². The zero-order chi connectivity index (χ0) is 22.1. The van der Waals surface area contributed by atoms with Crippen molar-refractivity contribution >= 4 is 33.4 Å². The maximum absolute atomic E-state index is 13.3. The second-order valence-electron chi connectivity index (χ2n) is 9.67. The summed E-state index contributed by atoms with van der Waals surface area (Å²) in [5.41, 5.74) is 0.899. The molecule has 1 spiro atoms. The quantitative estimate of drug-likeness (QED) is 0.401. The molecule has 32 heavy (non-hydrogen) atoms. The minimum atomic E-state index is -0.313. The van der Waals surface area contributed by atoms with Gasteiger partial charge < -0.3 is 20.3 Å². The molecule has 0 unspecified atom stereocenters. The van der Waals surface area contributed by atoms with Gasteiger partial charge in [0.15, 0.2) is 0 Å². The molecular formula is C25H32BrN3O3. The lowest BCUT2D eigenvalue weighted by Gasteiger charge is -2.26. The highest BCUT2D eigenvalue weighted by Gasteiger charge is 2.69. The summed E-state index contributed by atoms with van der Waals surface area (Å²) in [7, 11) is 0. The van der Waals surface area contributed by atoms with Crippen LogP contribution >= 0.6 is 15.9 Å². The summed E-state index contributed by atoms with van der Waals surface area (Å²) in [4.78, 5) is 28.9. The third-order valence-electron chi connectivity index (χ3n) is 7.85. The Labute approximate surface area is 198 Å². The Kier molecular flexibility index (Phi) is 6.41. The number of ether oxygens (including phenoxy) is 1. The van der Waals surface area contributed by atoms with Crippen molar-refractivity contribution in [1.29, 1.82) is 0 Å². The maximum Gasteiger partial charge on any atom is 0.228 e. The molecule has 2 N–H and O–H groups in total. The first kappa shape index (κ1) is 22.1. The van der Waals surface area contributed by atoms with Crippen molar-refractivity contribution in [3.8, 4) is 0 Å². The van der Waals surface area contributed by atoms with Crippen LogP contribution in [0.3, 0.4) is 0 Å². The normalized spacial score (nSPS) is 29.5. The number of hydrogen-bond acceptors (Lipinski definition) is 4. The van der Waals surface area contributed by atoms with Crippen molar-refractivity contribution < 1.29 is 14.3 Å². The largest absolute Gasteiger partial charge is 0.378 e. The van der Waals surface area contributed by atoms with Gasteiger partial charge in [-0.1, -0.05) is 28.1 Å². The van der Waals surface area contributed by atoms with Gasteiger partial charge in [-0.25, -0.2) is 0 Å². The van der Waals surface area contributed by atoms with Crippen LogP contribution in [0.15, 0.2) is 40.9 Å². The molecule has 3 fully saturated rings. The number of halogens is 1. The highest BCUT2D eigenvalue weighted by molar-refractivity contribution is 9.10. The van der Waals surface area contributed by atoms with E-state index in [1.165, 1.54) is 25.9 Å². The first-order valence-corrected chi connectivity index (χ1v) is 12.7. The number of nitrogens with one attached hydrogen (secondary N) is 2. The third-order valence-corrected chi connectivity index (χ3v) is 8.38. The van der Waals surface area contributed by atoms with Gasteiger partial charge in [-0.2, -0.15) is 0 Å². The summed E-state index contributed by atoms with van der Waals surface area (Å²) in [6.07, 6.45) is 9.17. The second kappa shape index (κ2) is 9.27. The van der Waals surface area contributed by atoms with E-state index in [1.807, 2.05) is 24.3 Å². The van der Waals surface area contributed by atoms with Crippen molar-refractivity contribution in [3.05, 3.63) is 40.9 Å². The van der Waals surface area contributed by atoms with Crippen LogP contribution in [0.2, 0.25) is 0 Å². The van der Waals surface area contributed by atoms with Crippen molar-refractivity contribution in [2.75, 3.05) is 44.7 Å². The topological polar surface area (TPSA) is 70.7 Å². The fourth-order valence-electron chi connectivity index (χ4n) is 6.13. The van der Waals surface area contributed by atoms with E-state index in [0.29, 0.717) is 19.8 Å². The number of allylic oxidation sites excluding steroid dienone is 2. The predicted octanol–water partition coefficient (Wildman–Crippen LogP) is 3.44. The molecule has 3 aliphatic carbocycles. The second-order valence-corrected chi connectivity index (χ2v) is 10.6. The van der Waals surface area contributed by atoms with Gasteiger partial charge in [-0.05, 0) is 80.3 Å². The van der Waals surface area contributed by atoms with E-state index in [4.69, 9.17) is 4.74 Å². The molecule has 4 atom stereocenters. The van der Waals surface area contributed by atoms with Gasteiger partial charge in [0.1, 0.15) is 0 Å². The Hall–Kier alpha value is -1.70. The average Bonchev–Trinajstić information content (AvgIpc) is 3.15. The molecule has 2 amide bonds. The van der Waals surface area contributed by atoms with E-state index in [1.54, 1.807) is 0 Å². The zero-order valence-corrected chi connectivity index (χ0v) is 20.0. The van der Waals surface area contributed by atoms with Crippen LogP contribution in [0.4, 0.5) is 5.69 Å². The molecule has 6 nitrogen and oxygen atoms in total. The highest BCUT2D eigenvalue weighted by Crippen LogP contribution is 2.72. The van der Waals surface area contributed by atoms with Gasteiger partial charge in [-0.15, -0.1) is 0 Å². The molecule has 1 aliphatic heterocycles. The molecule has 1 aromatic rings. The van der Waals surface area contributed by atoms with Gasteiger partial charge in [0.2, 0.25) is 11.8 Å². The minimum absolute atomic E-state index is 0.00720.